The third-order valence-corrected chi connectivity index (χ3v) is 0.933. The van der Waals surface area contributed by atoms with E-state index in [1.807, 2.05) is 0 Å². The fraction of sp³-hybridized carbons (Fsp3) is 1.00. The van der Waals surface area contributed by atoms with Crippen LogP contribution in [0.3, 0.4) is 0 Å². The maximum atomic E-state index is 12.4. The molecule has 1 atom stereocenters. The first-order valence-electron chi connectivity index (χ1n) is 2.63. The van der Waals surface area contributed by atoms with Crippen molar-refractivity contribution in [2.45, 2.75) is 6.30 Å². The van der Waals surface area contributed by atoms with E-state index in [-0.39, 0.29) is 0 Å². The quantitative estimate of drug-likeness (QED) is 0.530. The topological polar surface area (TPSA) is 15.3 Å². The predicted molar refractivity (Wildman–Crippen MR) is 32.5 cm³/mol. The fourth-order valence-electron chi connectivity index (χ4n) is 0.351. The molecule has 0 aromatic heterocycles. The summed E-state index contributed by atoms with van der Waals surface area (Å²) < 4.78 is 12.4. The number of hydrogen-bond acceptors (Lipinski definition) is 2. The van der Waals surface area contributed by atoms with E-state index in [2.05, 4.69) is 5.32 Å². The van der Waals surface area contributed by atoms with E-state index in [1.165, 1.54) is 4.90 Å². The van der Waals surface area contributed by atoms with Gasteiger partial charge in [0.2, 0.25) is 0 Å². The lowest BCUT2D eigenvalue weighted by Gasteiger charge is -2.14. The van der Waals surface area contributed by atoms with E-state index in [1.54, 1.807) is 21.1 Å². The summed E-state index contributed by atoms with van der Waals surface area (Å²) in [5.74, 6) is 0. The van der Waals surface area contributed by atoms with Gasteiger partial charge in [-0.15, -0.1) is 0 Å². The second-order valence-corrected chi connectivity index (χ2v) is 1.96. The van der Waals surface area contributed by atoms with Crippen LogP contribution in [0.25, 0.3) is 0 Å². The highest BCUT2D eigenvalue weighted by Gasteiger charge is 2.04. The van der Waals surface area contributed by atoms with E-state index in [0.717, 1.165) is 0 Å². The van der Waals surface area contributed by atoms with Gasteiger partial charge in [-0.05, 0) is 21.1 Å². The average Bonchev–Trinajstić information content (AvgIpc) is 1.67. The molecule has 0 saturated carbocycles. The molecule has 0 fully saturated rings. The van der Waals surface area contributed by atoms with Gasteiger partial charge in [0.1, 0.15) is 0 Å². The Labute approximate surface area is 49.7 Å². The minimum Gasteiger partial charge on any atom is -0.316 e. The minimum atomic E-state index is -0.861. The first-order chi connectivity index (χ1) is 3.68. The van der Waals surface area contributed by atoms with Crippen LogP contribution in [0.1, 0.15) is 0 Å². The average molecular weight is 120 g/mol. The maximum absolute atomic E-state index is 12.4. The zero-order valence-electron chi connectivity index (χ0n) is 5.61. The van der Waals surface area contributed by atoms with Gasteiger partial charge < -0.3 is 5.32 Å². The van der Waals surface area contributed by atoms with Crippen molar-refractivity contribution < 1.29 is 4.39 Å². The lowest BCUT2D eigenvalue weighted by molar-refractivity contribution is 0.138. The van der Waals surface area contributed by atoms with Crippen LogP contribution in [0.4, 0.5) is 4.39 Å². The van der Waals surface area contributed by atoms with Crippen LogP contribution in [0, 0.1) is 0 Å². The number of hydrogen-bond donors (Lipinski definition) is 1. The molecule has 3 heteroatoms. The number of halogens is 1. The molecule has 0 amide bonds. The molecule has 0 aliphatic heterocycles. The normalized spacial score (nSPS) is 14.6. The van der Waals surface area contributed by atoms with Gasteiger partial charge in [-0.25, -0.2) is 4.39 Å². The summed E-state index contributed by atoms with van der Waals surface area (Å²) in [4.78, 5) is 1.52. The van der Waals surface area contributed by atoms with E-state index >= 15 is 0 Å². The Hall–Kier alpha value is -0.150. The van der Waals surface area contributed by atoms with Gasteiger partial charge in [0.25, 0.3) is 0 Å². The van der Waals surface area contributed by atoms with E-state index in [4.69, 9.17) is 0 Å². The molecule has 0 rings (SSSR count). The van der Waals surface area contributed by atoms with Crippen LogP contribution in [0.2, 0.25) is 0 Å². The molecule has 1 N–H and O–H groups in total. The van der Waals surface area contributed by atoms with Crippen LogP contribution < -0.4 is 5.32 Å². The van der Waals surface area contributed by atoms with Crippen LogP contribution in [-0.2, 0) is 0 Å². The molecule has 0 spiro atoms. The highest BCUT2D eigenvalue weighted by molar-refractivity contribution is 4.52. The Balaban J connectivity index is 3.17. The number of likely N-dealkylation sites (N-methyl/N-ethyl adjacent to an activating group) is 2. The van der Waals surface area contributed by atoms with Crippen molar-refractivity contribution in [3.8, 4) is 0 Å². The molecule has 0 radical (unpaired) electrons. The molecule has 0 aliphatic carbocycles. The van der Waals surface area contributed by atoms with Gasteiger partial charge in [-0.3, -0.25) is 4.90 Å². The minimum absolute atomic E-state index is 0.396. The lowest BCUT2D eigenvalue weighted by atomic mass is 10.5. The Morgan fingerprint density at radius 3 is 2.25 bits per heavy atom. The first-order valence-corrected chi connectivity index (χ1v) is 2.63. The molecule has 0 aliphatic rings. The van der Waals surface area contributed by atoms with Gasteiger partial charge in [0, 0.05) is 6.54 Å². The zero-order chi connectivity index (χ0) is 6.57. The first kappa shape index (κ1) is 7.85. The summed E-state index contributed by atoms with van der Waals surface area (Å²) in [6.07, 6.45) is -0.861. The second kappa shape index (κ2) is 3.80. The molecule has 1 unspecified atom stereocenters. The molecular formula is C5H13FN2. The summed E-state index contributed by atoms with van der Waals surface area (Å²) in [7, 11) is 5.15. The molecule has 0 saturated heterocycles. The molecule has 50 valence electrons. The maximum Gasteiger partial charge on any atom is 0.165 e. The van der Waals surface area contributed by atoms with Gasteiger partial charge in [0.05, 0.1) is 0 Å². The number of rotatable bonds is 3. The summed E-state index contributed by atoms with van der Waals surface area (Å²) in [5, 5.41) is 2.73. The van der Waals surface area contributed by atoms with Gasteiger partial charge in [0.15, 0.2) is 6.30 Å². The van der Waals surface area contributed by atoms with E-state index in [0.29, 0.717) is 6.54 Å². The monoisotopic (exact) mass is 120 g/mol. The standard InChI is InChI=1S/C5H13FN2/c1-7-4-5(6)8(2)3/h5,7H,4H2,1-3H3. The van der Waals surface area contributed by atoms with Crippen LogP contribution in [0.5, 0.6) is 0 Å². The summed E-state index contributed by atoms with van der Waals surface area (Å²) >= 11 is 0. The summed E-state index contributed by atoms with van der Waals surface area (Å²) in [5.41, 5.74) is 0. The highest BCUT2D eigenvalue weighted by atomic mass is 19.1. The van der Waals surface area contributed by atoms with Crippen molar-refractivity contribution in [3.63, 3.8) is 0 Å². The Bertz CT molecular complexity index is 56.4. The number of nitrogens with zero attached hydrogens (tertiary/aromatic N) is 1. The summed E-state index contributed by atoms with van der Waals surface area (Å²) in [6.45, 7) is 0.396. The molecule has 0 aromatic carbocycles. The molecule has 0 heterocycles. The molecular weight excluding hydrogens is 107 g/mol. The van der Waals surface area contributed by atoms with Gasteiger partial charge in [-0.2, -0.15) is 0 Å². The van der Waals surface area contributed by atoms with Crippen molar-refractivity contribution in [1.82, 2.24) is 10.2 Å². The zero-order valence-corrected chi connectivity index (χ0v) is 5.61. The van der Waals surface area contributed by atoms with Crippen LogP contribution >= 0.6 is 0 Å². The molecule has 0 bridgehead atoms. The third kappa shape index (κ3) is 2.93. The number of alkyl halides is 1. The van der Waals surface area contributed by atoms with Crippen molar-refractivity contribution in [3.05, 3.63) is 0 Å². The molecule has 8 heavy (non-hydrogen) atoms. The van der Waals surface area contributed by atoms with E-state index in [9.17, 15) is 4.39 Å². The van der Waals surface area contributed by atoms with Gasteiger partial charge >= 0.3 is 0 Å². The molecule has 0 aromatic rings. The second-order valence-electron chi connectivity index (χ2n) is 1.96. The fourth-order valence-corrected chi connectivity index (χ4v) is 0.351. The number of nitrogens with one attached hydrogen (secondary N) is 1. The van der Waals surface area contributed by atoms with Crippen molar-refractivity contribution in [1.29, 1.82) is 0 Å². The predicted octanol–water partition coefficient (Wildman–Crippen LogP) is 0.0630. The van der Waals surface area contributed by atoms with Crippen molar-refractivity contribution in [2.24, 2.45) is 0 Å². The van der Waals surface area contributed by atoms with Crippen LogP contribution in [-0.4, -0.2) is 38.9 Å². The Morgan fingerprint density at radius 1 is 1.62 bits per heavy atom. The van der Waals surface area contributed by atoms with Gasteiger partial charge in [-0.1, -0.05) is 0 Å². The highest BCUT2D eigenvalue weighted by Crippen LogP contribution is 1.89. The SMILES string of the molecule is CNCC(F)N(C)C. The largest absolute Gasteiger partial charge is 0.316 e. The third-order valence-electron chi connectivity index (χ3n) is 0.933. The lowest BCUT2D eigenvalue weighted by Crippen LogP contribution is -2.32. The van der Waals surface area contributed by atoms with Crippen molar-refractivity contribution in [2.75, 3.05) is 27.7 Å². The van der Waals surface area contributed by atoms with Crippen molar-refractivity contribution >= 4 is 0 Å². The Kier molecular flexibility index (Phi) is 3.73. The smallest absolute Gasteiger partial charge is 0.165 e. The van der Waals surface area contributed by atoms with E-state index < -0.39 is 6.30 Å². The van der Waals surface area contributed by atoms with Crippen LogP contribution in [0.15, 0.2) is 0 Å². The Morgan fingerprint density at radius 2 is 2.12 bits per heavy atom. The summed E-state index contributed by atoms with van der Waals surface area (Å²) in [6, 6.07) is 0. The molecule has 2 nitrogen and oxygen atoms in total.